The van der Waals surface area contributed by atoms with E-state index in [1.54, 1.807) is 31.1 Å². The molecule has 0 fully saturated rings. The molecule has 7 heteroatoms. The Kier molecular flexibility index (Phi) is 8.37. The van der Waals surface area contributed by atoms with E-state index in [9.17, 15) is 9.59 Å². The summed E-state index contributed by atoms with van der Waals surface area (Å²) in [6.07, 6.45) is 0.664. The van der Waals surface area contributed by atoms with E-state index >= 15 is 0 Å². The molecule has 1 aromatic rings. The van der Waals surface area contributed by atoms with E-state index in [4.69, 9.17) is 32.7 Å². The average Bonchev–Trinajstić information content (AvgIpc) is 2.55. The first-order valence-electron chi connectivity index (χ1n) is 7.21. The molecule has 0 saturated heterocycles. The molecule has 0 spiro atoms. The van der Waals surface area contributed by atoms with Crippen molar-refractivity contribution in [3.8, 4) is 0 Å². The van der Waals surface area contributed by atoms with Crippen LogP contribution >= 0.6 is 23.2 Å². The van der Waals surface area contributed by atoms with Gasteiger partial charge >= 0.3 is 5.97 Å². The summed E-state index contributed by atoms with van der Waals surface area (Å²) in [6, 6.07) is 4.72. The number of benzene rings is 1. The molecule has 0 heterocycles. The SMILES string of the molecule is COCCCN(CC(C)C(=O)OC)C(=O)c1ccc(Cl)c(Cl)c1. The summed E-state index contributed by atoms with van der Waals surface area (Å²) in [4.78, 5) is 25.9. The van der Waals surface area contributed by atoms with Crippen LogP contribution in [0.3, 0.4) is 0 Å². The maximum atomic E-state index is 12.7. The standard InChI is InChI=1S/C16H21Cl2NO4/c1-11(16(21)23-3)10-19(7-4-8-22-2)15(20)12-5-6-13(17)14(18)9-12/h5-6,9,11H,4,7-8,10H2,1-3H3. The fourth-order valence-corrected chi connectivity index (χ4v) is 2.39. The summed E-state index contributed by atoms with van der Waals surface area (Å²) < 4.78 is 9.74. The monoisotopic (exact) mass is 361 g/mol. The number of esters is 1. The minimum atomic E-state index is -0.422. The molecule has 0 aromatic heterocycles. The van der Waals surface area contributed by atoms with Gasteiger partial charge in [-0.15, -0.1) is 0 Å². The number of methoxy groups -OCH3 is 2. The summed E-state index contributed by atoms with van der Waals surface area (Å²) in [5.41, 5.74) is 0.425. The Labute approximate surface area is 146 Å². The number of nitrogens with zero attached hydrogens (tertiary/aromatic N) is 1. The van der Waals surface area contributed by atoms with Crippen LogP contribution < -0.4 is 0 Å². The third-order valence-electron chi connectivity index (χ3n) is 3.33. The van der Waals surface area contributed by atoms with Gasteiger partial charge in [0.1, 0.15) is 0 Å². The zero-order chi connectivity index (χ0) is 17.4. The van der Waals surface area contributed by atoms with Crippen molar-refractivity contribution in [3.63, 3.8) is 0 Å². The van der Waals surface area contributed by atoms with Crippen LogP contribution in [0.15, 0.2) is 18.2 Å². The van der Waals surface area contributed by atoms with Crippen molar-refractivity contribution >= 4 is 35.1 Å². The maximum absolute atomic E-state index is 12.7. The molecule has 0 saturated carbocycles. The molecule has 0 radical (unpaired) electrons. The van der Waals surface area contributed by atoms with E-state index in [1.807, 2.05) is 0 Å². The van der Waals surface area contributed by atoms with Crippen molar-refractivity contribution in [1.82, 2.24) is 4.90 Å². The Morgan fingerprint density at radius 1 is 1.22 bits per heavy atom. The summed E-state index contributed by atoms with van der Waals surface area (Å²) >= 11 is 11.8. The lowest BCUT2D eigenvalue weighted by molar-refractivity contribution is -0.145. The van der Waals surface area contributed by atoms with Gasteiger partial charge in [-0.1, -0.05) is 30.1 Å². The van der Waals surface area contributed by atoms with E-state index < -0.39 is 5.92 Å². The smallest absolute Gasteiger partial charge is 0.310 e. The molecule has 0 aliphatic heterocycles. The molecule has 1 atom stereocenters. The molecular formula is C16H21Cl2NO4. The van der Waals surface area contributed by atoms with Gasteiger partial charge in [0.25, 0.3) is 5.91 Å². The van der Waals surface area contributed by atoms with Gasteiger partial charge in [-0.05, 0) is 24.6 Å². The molecule has 1 unspecified atom stereocenters. The Bertz CT molecular complexity index is 551. The van der Waals surface area contributed by atoms with Gasteiger partial charge in [-0.25, -0.2) is 0 Å². The van der Waals surface area contributed by atoms with Gasteiger partial charge in [0.15, 0.2) is 0 Å². The van der Waals surface area contributed by atoms with E-state index in [0.29, 0.717) is 35.2 Å². The Hall–Kier alpha value is -1.30. The van der Waals surface area contributed by atoms with Crippen LogP contribution in [0.1, 0.15) is 23.7 Å². The largest absolute Gasteiger partial charge is 0.469 e. The minimum Gasteiger partial charge on any atom is -0.469 e. The number of rotatable bonds is 8. The van der Waals surface area contributed by atoms with E-state index in [-0.39, 0.29) is 18.4 Å². The second kappa shape index (κ2) is 9.75. The summed E-state index contributed by atoms with van der Waals surface area (Å²) in [6.45, 7) is 2.97. The predicted molar refractivity (Wildman–Crippen MR) is 90.0 cm³/mol. The molecule has 1 rings (SSSR count). The molecule has 1 aromatic carbocycles. The molecule has 5 nitrogen and oxygen atoms in total. The van der Waals surface area contributed by atoms with E-state index in [1.165, 1.54) is 13.2 Å². The highest BCUT2D eigenvalue weighted by Gasteiger charge is 2.22. The van der Waals surface area contributed by atoms with Gasteiger partial charge in [0.2, 0.25) is 0 Å². The highest BCUT2D eigenvalue weighted by molar-refractivity contribution is 6.42. The van der Waals surface area contributed by atoms with Crippen LogP contribution in [0.4, 0.5) is 0 Å². The second-order valence-electron chi connectivity index (χ2n) is 5.15. The van der Waals surface area contributed by atoms with Crippen LogP contribution in [-0.2, 0) is 14.3 Å². The summed E-state index contributed by atoms with van der Waals surface area (Å²) in [5, 5.41) is 0.701. The fraction of sp³-hybridized carbons (Fsp3) is 0.500. The lowest BCUT2D eigenvalue weighted by Gasteiger charge is -2.25. The average molecular weight is 362 g/mol. The van der Waals surface area contributed by atoms with Crippen molar-refractivity contribution in [3.05, 3.63) is 33.8 Å². The first-order valence-corrected chi connectivity index (χ1v) is 7.97. The summed E-state index contributed by atoms with van der Waals surface area (Å²) in [7, 11) is 2.93. The van der Waals surface area contributed by atoms with Crippen molar-refractivity contribution in [2.75, 3.05) is 33.9 Å². The number of hydrogen-bond acceptors (Lipinski definition) is 4. The first-order chi connectivity index (χ1) is 10.9. The molecule has 0 bridgehead atoms. The molecule has 0 aliphatic rings. The van der Waals surface area contributed by atoms with Crippen molar-refractivity contribution in [2.24, 2.45) is 5.92 Å². The Morgan fingerprint density at radius 2 is 1.91 bits per heavy atom. The molecule has 23 heavy (non-hydrogen) atoms. The Morgan fingerprint density at radius 3 is 2.48 bits per heavy atom. The lowest BCUT2D eigenvalue weighted by atomic mass is 10.1. The lowest BCUT2D eigenvalue weighted by Crippen LogP contribution is -2.38. The third-order valence-corrected chi connectivity index (χ3v) is 4.07. The highest BCUT2D eigenvalue weighted by atomic mass is 35.5. The zero-order valence-electron chi connectivity index (χ0n) is 13.5. The van der Waals surface area contributed by atoms with Crippen molar-refractivity contribution < 1.29 is 19.1 Å². The highest BCUT2D eigenvalue weighted by Crippen LogP contribution is 2.23. The minimum absolute atomic E-state index is 0.213. The van der Waals surface area contributed by atoms with Gasteiger partial charge in [-0.3, -0.25) is 9.59 Å². The Balaban J connectivity index is 2.90. The van der Waals surface area contributed by atoms with Crippen LogP contribution in [0.5, 0.6) is 0 Å². The van der Waals surface area contributed by atoms with E-state index in [0.717, 1.165) is 0 Å². The number of ether oxygens (including phenoxy) is 2. The summed E-state index contributed by atoms with van der Waals surface area (Å²) in [5.74, 6) is -0.992. The van der Waals surface area contributed by atoms with Gasteiger partial charge in [0, 0.05) is 32.4 Å². The molecule has 128 valence electrons. The number of halogens is 2. The molecule has 0 N–H and O–H groups in total. The van der Waals surface area contributed by atoms with E-state index in [2.05, 4.69) is 0 Å². The third kappa shape index (κ3) is 6.01. The van der Waals surface area contributed by atoms with Gasteiger partial charge in [-0.2, -0.15) is 0 Å². The van der Waals surface area contributed by atoms with Gasteiger partial charge < -0.3 is 14.4 Å². The topological polar surface area (TPSA) is 55.8 Å². The maximum Gasteiger partial charge on any atom is 0.310 e. The van der Waals surface area contributed by atoms with Crippen LogP contribution in [0.2, 0.25) is 10.0 Å². The number of carbonyl (C=O) groups is 2. The van der Waals surface area contributed by atoms with Gasteiger partial charge in [0.05, 0.1) is 23.1 Å². The van der Waals surface area contributed by atoms with Crippen LogP contribution in [-0.4, -0.2) is 50.7 Å². The quantitative estimate of drug-likeness (QED) is 0.526. The predicted octanol–water partition coefficient (Wildman–Crippen LogP) is 3.28. The molecular weight excluding hydrogens is 341 g/mol. The molecule has 1 amide bonds. The zero-order valence-corrected chi connectivity index (χ0v) is 15.0. The number of hydrogen-bond donors (Lipinski definition) is 0. The second-order valence-corrected chi connectivity index (χ2v) is 5.97. The fourth-order valence-electron chi connectivity index (χ4n) is 2.09. The number of carbonyl (C=O) groups excluding carboxylic acids is 2. The van der Waals surface area contributed by atoms with Crippen molar-refractivity contribution in [2.45, 2.75) is 13.3 Å². The van der Waals surface area contributed by atoms with Crippen LogP contribution in [0, 0.1) is 5.92 Å². The van der Waals surface area contributed by atoms with Crippen molar-refractivity contribution in [1.29, 1.82) is 0 Å². The normalized spacial score (nSPS) is 11.9. The number of amides is 1. The van der Waals surface area contributed by atoms with Crippen LogP contribution in [0.25, 0.3) is 0 Å². The molecule has 0 aliphatic carbocycles. The first kappa shape index (κ1) is 19.7.